The lowest BCUT2D eigenvalue weighted by molar-refractivity contribution is -0.123. The molecular weight excluding hydrogens is 274 g/mol. The van der Waals surface area contributed by atoms with E-state index in [-0.39, 0.29) is 18.0 Å². The summed E-state index contributed by atoms with van der Waals surface area (Å²) in [6, 6.07) is 7.11. The monoisotopic (exact) mass is 297 g/mol. The quantitative estimate of drug-likeness (QED) is 0.817. The van der Waals surface area contributed by atoms with Gasteiger partial charge in [0.2, 0.25) is 0 Å². The fourth-order valence-corrected chi connectivity index (χ4v) is 2.79. The summed E-state index contributed by atoms with van der Waals surface area (Å²) in [5.41, 5.74) is 6.41. The number of carbonyl (C=O) groups excluding carboxylic acids is 1. The third-order valence-corrected chi connectivity index (χ3v) is 5.87. The van der Waals surface area contributed by atoms with Crippen molar-refractivity contribution in [2.45, 2.75) is 44.8 Å². The van der Waals surface area contributed by atoms with Crippen molar-refractivity contribution in [2.75, 3.05) is 11.5 Å². The molecule has 0 atom stereocenters. The van der Waals surface area contributed by atoms with Gasteiger partial charge in [0, 0.05) is 17.5 Å². The first kappa shape index (κ1) is 16.7. The van der Waals surface area contributed by atoms with Crippen LogP contribution in [-0.4, -0.2) is 25.2 Å². The van der Waals surface area contributed by atoms with Crippen LogP contribution in [-0.2, 0) is 20.0 Å². The molecule has 4 nitrogen and oxygen atoms in total. The van der Waals surface area contributed by atoms with Crippen molar-refractivity contribution in [3.63, 3.8) is 0 Å². The Balaban J connectivity index is 2.83. The molecule has 1 aromatic carbocycles. The van der Waals surface area contributed by atoms with Gasteiger partial charge in [-0.05, 0) is 45.4 Å². The van der Waals surface area contributed by atoms with E-state index in [1.54, 1.807) is 26.0 Å². The first-order valence-electron chi connectivity index (χ1n) is 6.68. The number of nitrogen functional groups attached to an aromatic ring is 1. The zero-order chi connectivity index (χ0) is 15.6. The van der Waals surface area contributed by atoms with Crippen LogP contribution in [0.5, 0.6) is 0 Å². The minimum Gasteiger partial charge on any atom is -0.399 e. The van der Waals surface area contributed by atoms with Crippen molar-refractivity contribution in [3.05, 3.63) is 29.8 Å². The summed E-state index contributed by atoms with van der Waals surface area (Å²) in [5, 5.41) is -0.449. The van der Waals surface area contributed by atoms with Crippen molar-refractivity contribution in [2.24, 2.45) is 0 Å². The maximum absolute atomic E-state index is 12.3. The number of ketones is 1. The van der Waals surface area contributed by atoms with E-state index < -0.39 is 20.5 Å². The van der Waals surface area contributed by atoms with Crippen molar-refractivity contribution in [1.82, 2.24) is 0 Å². The molecule has 0 spiro atoms. The molecule has 5 heteroatoms. The first-order valence-corrected chi connectivity index (χ1v) is 8.40. The molecule has 0 aliphatic rings. The number of hydrogen-bond acceptors (Lipinski definition) is 4. The number of nitrogens with two attached hydrogens (primary N) is 1. The minimum absolute atomic E-state index is 0.0396. The van der Waals surface area contributed by atoms with E-state index in [0.29, 0.717) is 5.69 Å². The van der Waals surface area contributed by atoms with Crippen LogP contribution in [0.25, 0.3) is 0 Å². The molecule has 0 heterocycles. The molecule has 1 rings (SSSR count). The van der Waals surface area contributed by atoms with E-state index in [1.165, 1.54) is 0 Å². The van der Waals surface area contributed by atoms with Gasteiger partial charge < -0.3 is 5.73 Å². The van der Waals surface area contributed by atoms with Gasteiger partial charge in [0.25, 0.3) is 0 Å². The average Bonchev–Trinajstić information content (AvgIpc) is 2.36. The van der Waals surface area contributed by atoms with Crippen LogP contribution in [0.4, 0.5) is 5.69 Å². The number of anilines is 1. The highest BCUT2D eigenvalue weighted by Gasteiger charge is 2.30. The van der Waals surface area contributed by atoms with Crippen LogP contribution in [0, 0.1) is 0 Å². The predicted molar refractivity (Wildman–Crippen MR) is 82.4 cm³/mol. The van der Waals surface area contributed by atoms with Gasteiger partial charge in [-0.1, -0.05) is 12.1 Å². The summed E-state index contributed by atoms with van der Waals surface area (Å²) in [4.78, 5) is 12.3. The lowest BCUT2D eigenvalue weighted by atomic mass is 9.79. The molecule has 0 amide bonds. The average molecular weight is 297 g/mol. The number of benzene rings is 1. The highest BCUT2D eigenvalue weighted by Crippen LogP contribution is 2.26. The molecule has 2 N–H and O–H groups in total. The zero-order valence-corrected chi connectivity index (χ0v) is 13.3. The molecule has 0 aromatic heterocycles. The molecule has 0 unspecified atom stereocenters. The second-order valence-corrected chi connectivity index (χ2v) is 8.51. The van der Waals surface area contributed by atoms with E-state index in [4.69, 9.17) is 5.73 Å². The smallest absolute Gasteiger partial charge is 0.153 e. The van der Waals surface area contributed by atoms with E-state index >= 15 is 0 Å². The second-order valence-electron chi connectivity index (χ2n) is 5.84. The largest absolute Gasteiger partial charge is 0.399 e. The summed E-state index contributed by atoms with van der Waals surface area (Å²) < 4.78 is 23.5. The summed E-state index contributed by atoms with van der Waals surface area (Å²) in [6.45, 7) is 6.88. The van der Waals surface area contributed by atoms with Crippen LogP contribution in [0.3, 0.4) is 0 Å². The van der Waals surface area contributed by atoms with Crippen LogP contribution in [0.1, 0.15) is 39.7 Å². The van der Waals surface area contributed by atoms with Gasteiger partial charge in [-0.25, -0.2) is 8.42 Å². The fraction of sp³-hybridized carbons (Fsp3) is 0.533. The minimum atomic E-state index is -3.18. The van der Waals surface area contributed by atoms with Crippen LogP contribution in [0.15, 0.2) is 24.3 Å². The van der Waals surface area contributed by atoms with Gasteiger partial charge >= 0.3 is 0 Å². The van der Waals surface area contributed by atoms with E-state index in [0.717, 1.165) is 5.56 Å². The first-order chi connectivity index (χ1) is 9.07. The Bertz CT molecular complexity index is 572. The summed E-state index contributed by atoms with van der Waals surface area (Å²) >= 11 is 0. The Morgan fingerprint density at radius 1 is 1.20 bits per heavy atom. The number of rotatable bonds is 6. The Kier molecular flexibility index (Phi) is 4.97. The molecule has 0 bridgehead atoms. The van der Waals surface area contributed by atoms with Crippen molar-refractivity contribution in [3.8, 4) is 0 Å². The highest BCUT2D eigenvalue weighted by molar-refractivity contribution is 7.91. The number of sulfone groups is 1. The Morgan fingerprint density at radius 3 is 2.15 bits per heavy atom. The molecule has 1 aromatic rings. The third-order valence-electron chi connectivity index (χ3n) is 3.66. The van der Waals surface area contributed by atoms with Crippen LogP contribution >= 0.6 is 0 Å². The van der Waals surface area contributed by atoms with Gasteiger partial charge in [-0.15, -0.1) is 0 Å². The van der Waals surface area contributed by atoms with Crippen molar-refractivity contribution in [1.29, 1.82) is 0 Å². The van der Waals surface area contributed by atoms with Gasteiger partial charge in [0.15, 0.2) is 9.84 Å². The Labute approximate surface area is 121 Å². The topological polar surface area (TPSA) is 77.2 Å². The summed E-state index contributed by atoms with van der Waals surface area (Å²) in [6.07, 6.45) is 0.0396. The normalized spacial score (nSPS) is 12.7. The molecule has 20 heavy (non-hydrogen) atoms. The fourth-order valence-electron chi connectivity index (χ4n) is 1.84. The van der Waals surface area contributed by atoms with Gasteiger partial charge in [-0.2, -0.15) is 0 Å². The predicted octanol–water partition coefficient (Wildman–Crippen LogP) is 2.33. The lowest BCUT2D eigenvalue weighted by Crippen LogP contribution is -2.31. The second kappa shape index (κ2) is 5.95. The van der Waals surface area contributed by atoms with Gasteiger partial charge in [-0.3, -0.25) is 4.79 Å². The SMILES string of the molecule is CC(C)S(=O)(=O)CCC(=O)C(C)(C)c1ccc(N)cc1. The van der Waals surface area contributed by atoms with E-state index in [9.17, 15) is 13.2 Å². The molecule has 0 aliphatic heterocycles. The van der Waals surface area contributed by atoms with Gasteiger partial charge in [0.1, 0.15) is 5.78 Å². The standard InChI is InChI=1S/C15H23NO3S/c1-11(2)20(18,19)10-9-14(17)15(3,4)12-5-7-13(16)8-6-12/h5-8,11H,9-10,16H2,1-4H3. The van der Waals surface area contributed by atoms with E-state index in [1.807, 2.05) is 26.0 Å². The lowest BCUT2D eigenvalue weighted by Gasteiger charge is -2.24. The molecule has 0 fully saturated rings. The summed E-state index contributed by atoms with van der Waals surface area (Å²) in [7, 11) is -3.18. The Morgan fingerprint density at radius 2 is 1.70 bits per heavy atom. The van der Waals surface area contributed by atoms with Crippen molar-refractivity contribution >= 4 is 21.3 Å². The molecule has 0 radical (unpaired) electrons. The van der Waals surface area contributed by atoms with Crippen LogP contribution < -0.4 is 5.73 Å². The molecular formula is C15H23NO3S. The van der Waals surface area contributed by atoms with E-state index in [2.05, 4.69) is 0 Å². The number of hydrogen-bond donors (Lipinski definition) is 1. The molecule has 0 saturated carbocycles. The highest BCUT2D eigenvalue weighted by atomic mass is 32.2. The summed E-state index contributed by atoms with van der Waals surface area (Å²) in [5.74, 6) is -0.173. The molecule has 0 aliphatic carbocycles. The molecule has 0 saturated heterocycles. The molecule has 112 valence electrons. The van der Waals surface area contributed by atoms with Gasteiger partial charge in [0.05, 0.1) is 11.0 Å². The Hall–Kier alpha value is -1.36. The maximum Gasteiger partial charge on any atom is 0.153 e. The maximum atomic E-state index is 12.3. The zero-order valence-electron chi connectivity index (χ0n) is 12.5. The number of Topliss-reactive ketones (excluding diaryl/α,β-unsaturated/α-hetero) is 1. The van der Waals surface area contributed by atoms with Crippen molar-refractivity contribution < 1.29 is 13.2 Å². The van der Waals surface area contributed by atoms with Crippen LogP contribution in [0.2, 0.25) is 0 Å². The number of carbonyl (C=O) groups is 1. The third kappa shape index (κ3) is 3.82.